The second-order valence-corrected chi connectivity index (χ2v) is 5.07. The lowest BCUT2D eigenvalue weighted by atomic mass is 9.98. The molecular formula is C17H14F6N2O. The molecule has 0 bridgehead atoms. The van der Waals surface area contributed by atoms with Crippen LogP contribution in [0, 0.1) is 0 Å². The molecule has 2 aromatic carbocycles. The molecule has 26 heavy (non-hydrogen) atoms. The minimum absolute atomic E-state index is 0.0778. The number of aromatic nitrogens is 1. The first-order valence-electron chi connectivity index (χ1n) is 7.50. The van der Waals surface area contributed by atoms with Gasteiger partial charge in [-0.3, -0.25) is 0 Å². The standard InChI is InChI=1S/C15H8F6N2O.C2H6/c16-14(17,18)9-3-8(4-10(6-9)15(19,20)21)7-1-2-11-12(5-7)24-23-13(11)22;1-2/h1-6H,(H2,22,23);1-2H3. The predicted molar refractivity (Wildman–Crippen MR) is 85.2 cm³/mol. The minimum Gasteiger partial charge on any atom is -0.380 e. The third-order valence-corrected chi connectivity index (χ3v) is 3.42. The number of benzene rings is 2. The average molecular weight is 376 g/mol. The van der Waals surface area contributed by atoms with Gasteiger partial charge in [-0.2, -0.15) is 26.3 Å². The van der Waals surface area contributed by atoms with Gasteiger partial charge in [-0.25, -0.2) is 0 Å². The summed E-state index contributed by atoms with van der Waals surface area (Å²) in [6.45, 7) is 4.00. The quantitative estimate of drug-likeness (QED) is 0.519. The number of nitrogen functional groups attached to an aromatic ring is 1. The molecule has 1 aromatic heterocycles. The van der Waals surface area contributed by atoms with Crippen molar-refractivity contribution in [1.82, 2.24) is 5.16 Å². The molecule has 3 aromatic rings. The zero-order valence-electron chi connectivity index (χ0n) is 13.7. The lowest BCUT2D eigenvalue weighted by Gasteiger charge is -2.14. The average Bonchev–Trinajstić information content (AvgIpc) is 2.95. The normalized spacial score (nSPS) is 12.0. The molecule has 3 nitrogen and oxygen atoms in total. The van der Waals surface area contributed by atoms with Gasteiger partial charge in [-0.1, -0.05) is 25.1 Å². The number of nitrogens with zero attached hydrogens (tertiary/aromatic N) is 1. The van der Waals surface area contributed by atoms with Crippen LogP contribution in [0.4, 0.5) is 32.2 Å². The first-order chi connectivity index (χ1) is 12.1. The Morgan fingerprint density at radius 3 is 1.85 bits per heavy atom. The molecule has 0 aliphatic heterocycles. The fourth-order valence-electron chi connectivity index (χ4n) is 2.26. The largest absolute Gasteiger partial charge is 0.416 e. The summed E-state index contributed by atoms with van der Waals surface area (Å²) in [6, 6.07) is 5.44. The lowest BCUT2D eigenvalue weighted by Crippen LogP contribution is -2.11. The second kappa shape index (κ2) is 6.89. The molecule has 0 atom stereocenters. The molecule has 3 rings (SSSR count). The summed E-state index contributed by atoms with van der Waals surface area (Å²) < 4.78 is 82.3. The van der Waals surface area contributed by atoms with Crippen molar-refractivity contribution in [2.45, 2.75) is 26.2 Å². The number of nitrogens with two attached hydrogens (primary N) is 1. The Morgan fingerprint density at radius 1 is 0.808 bits per heavy atom. The Kier molecular flexibility index (Phi) is 5.20. The first-order valence-corrected chi connectivity index (χ1v) is 7.50. The van der Waals surface area contributed by atoms with Gasteiger partial charge >= 0.3 is 12.4 Å². The highest BCUT2D eigenvalue weighted by Crippen LogP contribution is 2.39. The van der Waals surface area contributed by atoms with Crippen LogP contribution in [-0.4, -0.2) is 5.16 Å². The summed E-state index contributed by atoms with van der Waals surface area (Å²) in [4.78, 5) is 0. The third kappa shape index (κ3) is 3.92. The molecule has 0 unspecified atom stereocenters. The van der Waals surface area contributed by atoms with E-state index in [1.807, 2.05) is 13.8 Å². The Labute approximate surface area is 144 Å². The Balaban J connectivity index is 0.00000117. The SMILES string of the molecule is CC.Nc1noc2cc(-c3cc(C(F)(F)F)cc(C(F)(F)F)c3)ccc12. The summed E-state index contributed by atoms with van der Waals surface area (Å²) in [5, 5.41) is 3.91. The Hall–Kier alpha value is -2.71. The van der Waals surface area contributed by atoms with Crippen molar-refractivity contribution in [3.63, 3.8) is 0 Å². The molecule has 2 N–H and O–H groups in total. The van der Waals surface area contributed by atoms with Gasteiger partial charge in [0, 0.05) is 0 Å². The van der Waals surface area contributed by atoms with Crippen LogP contribution in [0.2, 0.25) is 0 Å². The molecule has 0 fully saturated rings. The van der Waals surface area contributed by atoms with Crippen LogP contribution < -0.4 is 5.73 Å². The molecule has 0 spiro atoms. The molecular weight excluding hydrogens is 362 g/mol. The maximum atomic E-state index is 12.9. The van der Waals surface area contributed by atoms with Crippen molar-refractivity contribution in [2.24, 2.45) is 0 Å². The molecule has 0 aliphatic rings. The monoisotopic (exact) mass is 376 g/mol. The van der Waals surface area contributed by atoms with Gasteiger partial charge in [0.05, 0.1) is 16.5 Å². The topological polar surface area (TPSA) is 52.0 Å². The van der Waals surface area contributed by atoms with Crippen LogP contribution in [-0.2, 0) is 12.4 Å². The number of fused-ring (bicyclic) bond motifs is 1. The zero-order chi connectivity index (χ0) is 19.7. The van der Waals surface area contributed by atoms with Crippen LogP contribution in [0.5, 0.6) is 0 Å². The second-order valence-electron chi connectivity index (χ2n) is 5.07. The smallest absolute Gasteiger partial charge is 0.380 e. The van der Waals surface area contributed by atoms with Crippen LogP contribution in [0.25, 0.3) is 22.1 Å². The highest BCUT2D eigenvalue weighted by Gasteiger charge is 2.37. The fourth-order valence-corrected chi connectivity index (χ4v) is 2.26. The number of anilines is 1. The van der Waals surface area contributed by atoms with Crippen LogP contribution >= 0.6 is 0 Å². The van der Waals surface area contributed by atoms with E-state index in [-0.39, 0.29) is 28.6 Å². The molecule has 0 aliphatic carbocycles. The lowest BCUT2D eigenvalue weighted by molar-refractivity contribution is -0.143. The number of hydrogen-bond donors (Lipinski definition) is 1. The number of rotatable bonds is 1. The Bertz CT molecular complexity index is 879. The summed E-state index contributed by atoms with van der Waals surface area (Å²) in [6.07, 6.45) is -9.81. The maximum Gasteiger partial charge on any atom is 0.416 e. The Morgan fingerprint density at radius 2 is 1.35 bits per heavy atom. The summed E-state index contributed by atoms with van der Waals surface area (Å²) in [5.74, 6) is 0.0802. The summed E-state index contributed by atoms with van der Waals surface area (Å²) >= 11 is 0. The molecule has 9 heteroatoms. The van der Waals surface area contributed by atoms with Crippen LogP contribution in [0.3, 0.4) is 0 Å². The maximum absolute atomic E-state index is 12.9. The van der Waals surface area contributed by atoms with Gasteiger partial charge < -0.3 is 10.3 Å². The summed E-state index contributed by atoms with van der Waals surface area (Å²) in [7, 11) is 0. The fraction of sp³-hybridized carbons (Fsp3) is 0.235. The molecule has 0 amide bonds. The van der Waals surface area contributed by atoms with E-state index in [1.54, 1.807) is 0 Å². The van der Waals surface area contributed by atoms with Gasteiger partial charge in [0.15, 0.2) is 11.4 Å². The van der Waals surface area contributed by atoms with E-state index < -0.39 is 23.5 Å². The van der Waals surface area contributed by atoms with E-state index in [2.05, 4.69) is 5.16 Å². The molecule has 0 saturated carbocycles. The number of halogens is 6. The highest BCUT2D eigenvalue weighted by molar-refractivity contribution is 5.90. The van der Waals surface area contributed by atoms with Gasteiger partial charge in [0.25, 0.3) is 0 Å². The van der Waals surface area contributed by atoms with E-state index in [0.717, 1.165) is 0 Å². The number of hydrogen-bond acceptors (Lipinski definition) is 3. The van der Waals surface area contributed by atoms with E-state index >= 15 is 0 Å². The van der Waals surface area contributed by atoms with Crippen LogP contribution in [0.15, 0.2) is 40.9 Å². The van der Waals surface area contributed by atoms with E-state index in [1.165, 1.54) is 18.2 Å². The van der Waals surface area contributed by atoms with E-state index in [9.17, 15) is 26.3 Å². The van der Waals surface area contributed by atoms with Gasteiger partial charge in [-0.15, -0.1) is 0 Å². The first kappa shape index (κ1) is 19.6. The van der Waals surface area contributed by atoms with E-state index in [0.29, 0.717) is 17.5 Å². The van der Waals surface area contributed by atoms with E-state index in [4.69, 9.17) is 10.3 Å². The van der Waals surface area contributed by atoms with Gasteiger partial charge in [0.1, 0.15) is 0 Å². The van der Waals surface area contributed by atoms with Crippen molar-refractivity contribution in [2.75, 3.05) is 5.73 Å². The minimum atomic E-state index is -4.91. The van der Waals surface area contributed by atoms with Crippen molar-refractivity contribution in [3.8, 4) is 11.1 Å². The predicted octanol–water partition coefficient (Wildman–Crippen LogP) is 6.14. The van der Waals surface area contributed by atoms with Crippen molar-refractivity contribution >= 4 is 16.8 Å². The van der Waals surface area contributed by atoms with Crippen LogP contribution in [0.1, 0.15) is 25.0 Å². The molecule has 0 radical (unpaired) electrons. The van der Waals surface area contributed by atoms with Crippen molar-refractivity contribution in [3.05, 3.63) is 47.5 Å². The zero-order valence-corrected chi connectivity index (χ0v) is 13.7. The van der Waals surface area contributed by atoms with Crippen molar-refractivity contribution < 1.29 is 30.9 Å². The number of alkyl halides is 6. The molecule has 140 valence electrons. The molecule has 1 heterocycles. The summed E-state index contributed by atoms with van der Waals surface area (Å²) in [5.41, 5.74) is 2.80. The third-order valence-electron chi connectivity index (χ3n) is 3.42. The van der Waals surface area contributed by atoms with Crippen molar-refractivity contribution in [1.29, 1.82) is 0 Å². The molecule has 0 saturated heterocycles. The highest BCUT2D eigenvalue weighted by atomic mass is 19.4. The van der Waals surface area contributed by atoms with Gasteiger partial charge in [0.2, 0.25) is 0 Å². The van der Waals surface area contributed by atoms with Gasteiger partial charge in [-0.05, 0) is 41.5 Å².